The third kappa shape index (κ3) is 3.68. The second-order valence-electron chi connectivity index (χ2n) is 4.70. The Hall–Kier alpha value is -2.10. The number of rotatable bonds is 5. The molecule has 1 N–H and O–H groups in total. The summed E-state index contributed by atoms with van der Waals surface area (Å²) in [5, 5.41) is 7.12. The first-order valence-electron chi connectivity index (χ1n) is 6.56. The van der Waals surface area contributed by atoms with E-state index in [-0.39, 0.29) is 11.8 Å². The summed E-state index contributed by atoms with van der Waals surface area (Å²) in [6.45, 7) is 4.65. The summed E-state index contributed by atoms with van der Waals surface area (Å²) in [5.74, 6) is 0.105. The predicted octanol–water partition coefficient (Wildman–Crippen LogP) is 2.92. The van der Waals surface area contributed by atoms with E-state index in [0.29, 0.717) is 6.54 Å². The maximum Gasteiger partial charge on any atom is 0.227 e. The highest BCUT2D eigenvalue weighted by Crippen LogP contribution is 2.13. The van der Waals surface area contributed by atoms with Crippen molar-refractivity contribution in [3.05, 3.63) is 48.3 Å². The molecule has 19 heavy (non-hydrogen) atoms. The van der Waals surface area contributed by atoms with Gasteiger partial charge in [-0.2, -0.15) is 5.10 Å². The van der Waals surface area contributed by atoms with Crippen LogP contribution in [0.4, 0.5) is 5.69 Å². The van der Waals surface area contributed by atoms with Crippen molar-refractivity contribution < 1.29 is 4.79 Å². The van der Waals surface area contributed by atoms with E-state index < -0.39 is 0 Å². The monoisotopic (exact) mass is 257 g/mol. The molecule has 100 valence electrons. The fraction of sp³-hybridized carbons (Fsp3) is 0.333. The second kappa shape index (κ2) is 6.18. The highest BCUT2D eigenvalue weighted by Gasteiger charge is 2.10. The Bertz CT molecular complexity index is 534. The number of carbonyl (C=O) groups is 1. The zero-order valence-electron chi connectivity index (χ0n) is 11.3. The molecule has 4 heteroatoms. The zero-order chi connectivity index (χ0) is 13.7. The van der Waals surface area contributed by atoms with Crippen LogP contribution < -0.4 is 5.32 Å². The Balaban J connectivity index is 2.05. The molecule has 0 fully saturated rings. The standard InChI is InChI=1S/C15H19N3O/c1-3-12(2)15(19)17-14-7-4-6-13(10-14)11-18-9-5-8-16-18/h4-10,12H,3,11H2,1-2H3,(H,17,19). The average Bonchev–Trinajstić information content (AvgIpc) is 2.91. The molecule has 2 rings (SSSR count). The first-order valence-corrected chi connectivity index (χ1v) is 6.56. The molecule has 0 aliphatic rings. The molecule has 1 heterocycles. The minimum absolute atomic E-state index is 0.0368. The first kappa shape index (κ1) is 13.3. The molecule has 1 amide bonds. The molecular weight excluding hydrogens is 238 g/mol. The molecule has 2 aromatic rings. The predicted molar refractivity (Wildman–Crippen MR) is 75.9 cm³/mol. The van der Waals surface area contributed by atoms with Crippen molar-refractivity contribution in [3.63, 3.8) is 0 Å². The van der Waals surface area contributed by atoms with E-state index in [4.69, 9.17) is 0 Å². The summed E-state index contributed by atoms with van der Waals surface area (Å²) in [7, 11) is 0. The number of hydrogen-bond acceptors (Lipinski definition) is 2. The largest absolute Gasteiger partial charge is 0.326 e. The third-order valence-corrected chi connectivity index (χ3v) is 3.16. The van der Waals surface area contributed by atoms with Gasteiger partial charge in [-0.1, -0.05) is 26.0 Å². The SMILES string of the molecule is CCC(C)C(=O)Nc1cccc(Cn2cccn2)c1. The van der Waals surface area contributed by atoms with Gasteiger partial charge >= 0.3 is 0 Å². The normalized spacial score (nSPS) is 12.1. The van der Waals surface area contributed by atoms with Gasteiger partial charge in [-0.25, -0.2) is 0 Å². The highest BCUT2D eigenvalue weighted by molar-refractivity contribution is 5.92. The van der Waals surface area contributed by atoms with Gasteiger partial charge in [0.15, 0.2) is 0 Å². The van der Waals surface area contributed by atoms with Crippen LogP contribution in [0.2, 0.25) is 0 Å². The van der Waals surface area contributed by atoms with Crippen LogP contribution in [0, 0.1) is 5.92 Å². The van der Waals surface area contributed by atoms with Crippen molar-refractivity contribution in [2.75, 3.05) is 5.32 Å². The fourth-order valence-corrected chi connectivity index (χ4v) is 1.78. The van der Waals surface area contributed by atoms with E-state index in [1.54, 1.807) is 6.20 Å². The molecule has 0 spiro atoms. The summed E-state index contributed by atoms with van der Waals surface area (Å²) >= 11 is 0. The summed E-state index contributed by atoms with van der Waals surface area (Å²) in [6.07, 6.45) is 4.53. The van der Waals surface area contributed by atoms with Crippen LogP contribution in [0.25, 0.3) is 0 Å². The van der Waals surface area contributed by atoms with Gasteiger partial charge in [0.1, 0.15) is 0 Å². The molecule has 1 aromatic carbocycles. The molecule has 0 aliphatic carbocycles. The van der Waals surface area contributed by atoms with Crippen LogP contribution in [0.15, 0.2) is 42.7 Å². The topological polar surface area (TPSA) is 46.9 Å². The zero-order valence-corrected chi connectivity index (χ0v) is 11.3. The van der Waals surface area contributed by atoms with Crippen molar-refractivity contribution >= 4 is 11.6 Å². The van der Waals surface area contributed by atoms with Gasteiger partial charge in [-0.05, 0) is 30.2 Å². The lowest BCUT2D eigenvalue weighted by Gasteiger charge is -2.11. The van der Waals surface area contributed by atoms with E-state index in [0.717, 1.165) is 17.7 Å². The number of hydrogen-bond donors (Lipinski definition) is 1. The maximum atomic E-state index is 11.8. The summed E-state index contributed by atoms with van der Waals surface area (Å²) in [5.41, 5.74) is 1.96. The number of benzene rings is 1. The number of nitrogens with zero attached hydrogens (tertiary/aromatic N) is 2. The van der Waals surface area contributed by atoms with Crippen LogP contribution in [-0.4, -0.2) is 15.7 Å². The second-order valence-corrected chi connectivity index (χ2v) is 4.70. The molecule has 0 aliphatic heterocycles. The van der Waals surface area contributed by atoms with Crippen LogP contribution >= 0.6 is 0 Å². The number of carbonyl (C=O) groups excluding carboxylic acids is 1. The Morgan fingerprint density at radius 2 is 2.26 bits per heavy atom. The number of amides is 1. The summed E-state index contributed by atoms with van der Waals surface area (Å²) in [6, 6.07) is 9.77. The molecule has 0 radical (unpaired) electrons. The smallest absolute Gasteiger partial charge is 0.227 e. The lowest BCUT2D eigenvalue weighted by molar-refractivity contribution is -0.119. The van der Waals surface area contributed by atoms with Gasteiger partial charge in [-0.3, -0.25) is 9.48 Å². The molecule has 0 saturated carbocycles. The molecule has 1 unspecified atom stereocenters. The van der Waals surface area contributed by atoms with Crippen molar-refractivity contribution in [1.82, 2.24) is 9.78 Å². The van der Waals surface area contributed by atoms with Crippen molar-refractivity contribution in [2.45, 2.75) is 26.8 Å². The Morgan fingerprint density at radius 1 is 1.42 bits per heavy atom. The molecule has 4 nitrogen and oxygen atoms in total. The van der Waals surface area contributed by atoms with Crippen LogP contribution in [0.3, 0.4) is 0 Å². The summed E-state index contributed by atoms with van der Waals surface area (Å²) in [4.78, 5) is 11.8. The van der Waals surface area contributed by atoms with Gasteiger partial charge < -0.3 is 5.32 Å². The Kier molecular flexibility index (Phi) is 4.34. The molecule has 1 aromatic heterocycles. The Morgan fingerprint density at radius 3 is 2.95 bits per heavy atom. The van der Waals surface area contributed by atoms with Crippen molar-refractivity contribution in [3.8, 4) is 0 Å². The third-order valence-electron chi connectivity index (χ3n) is 3.16. The van der Waals surface area contributed by atoms with Crippen LogP contribution in [0.5, 0.6) is 0 Å². The number of aromatic nitrogens is 2. The number of nitrogens with one attached hydrogen (secondary N) is 1. The quantitative estimate of drug-likeness (QED) is 0.895. The fourth-order valence-electron chi connectivity index (χ4n) is 1.78. The average molecular weight is 257 g/mol. The first-order chi connectivity index (χ1) is 9.19. The van der Waals surface area contributed by atoms with E-state index >= 15 is 0 Å². The molecule has 0 bridgehead atoms. The lowest BCUT2D eigenvalue weighted by atomic mass is 10.1. The van der Waals surface area contributed by atoms with Gasteiger partial charge in [0.25, 0.3) is 0 Å². The number of anilines is 1. The minimum Gasteiger partial charge on any atom is -0.326 e. The van der Waals surface area contributed by atoms with Gasteiger partial charge in [-0.15, -0.1) is 0 Å². The van der Waals surface area contributed by atoms with Crippen LogP contribution in [-0.2, 0) is 11.3 Å². The Labute approximate surface area is 113 Å². The molecule has 1 atom stereocenters. The van der Waals surface area contributed by atoms with Crippen LogP contribution in [0.1, 0.15) is 25.8 Å². The van der Waals surface area contributed by atoms with Crippen molar-refractivity contribution in [1.29, 1.82) is 0 Å². The van der Waals surface area contributed by atoms with E-state index in [2.05, 4.69) is 10.4 Å². The minimum atomic E-state index is 0.0368. The maximum absolute atomic E-state index is 11.8. The molecule has 0 saturated heterocycles. The van der Waals surface area contributed by atoms with E-state index in [9.17, 15) is 4.79 Å². The lowest BCUT2D eigenvalue weighted by Crippen LogP contribution is -2.19. The molecular formula is C15H19N3O. The highest BCUT2D eigenvalue weighted by atomic mass is 16.1. The van der Waals surface area contributed by atoms with Gasteiger partial charge in [0.05, 0.1) is 6.54 Å². The van der Waals surface area contributed by atoms with E-state index in [1.165, 1.54) is 0 Å². The van der Waals surface area contributed by atoms with Gasteiger partial charge in [0.2, 0.25) is 5.91 Å². The van der Waals surface area contributed by atoms with Gasteiger partial charge in [0, 0.05) is 24.0 Å². The summed E-state index contributed by atoms with van der Waals surface area (Å²) < 4.78 is 1.86. The van der Waals surface area contributed by atoms with E-state index in [1.807, 2.05) is 55.1 Å². The van der Waals surface area contributed by atoms with Crippen molar-refractivity contribution in [2.24, 2.45) is 5.92 Å².